The highest BCUT2D eigenvalue weighted by Crippen LogP contribution is 2.27. The van der Waals surface area contributed by atoms with Crippen molar-refractivity contribution in [2.45, 2.75) is 19.4 Å². The van der Waals surface area contributed by atoms with Crippen LogP contribution >= 0.6 is 0 Å². The minimum atomic E-state index is -0.898. The average Bonchev–Trinajstić information content (AvgIpc) is 2.65. The number of carbonyl (C=O) groups excluding carboxylic acids is 1. The molecule has 1 heterocycles. The van der Waals surface area contributed by atoms with Crippen molar-refractivity contribution in [2.24, 2.45) is 0 Å². The molecule has 3 aromatic rings. The summed E-state index contributed by atoms with van der Waals surface area (Å²) in [5, 5.41) is 0.851. The topological polar surface area (TPSA) is 65.7 Å². The van der Waals surface area contributed by atoms with Gasteiger partial charge in [-0.2, -0.15) is 0 Å². The summed E-state index contributed by atoms with van der Waals surface area (Å²) in [4.78, 5) is 23.8. The van der Waals surface area contributed by atoms with E-state index in [1.807, 2.05) is 31.2 Å². The van der Waals surface area contributed by atoms with Crippen LogP contribution in [0.2, 0.25) is 0 Å². The Balaban J connectivity index is 2.00. The standard InChI is InChI=1S/C20H18O5/c1-3-13-11-18(21)25-17-12-15(9-10-16(13)17)24-19(20(22)23-2)14-7-5-4-6-8-14/h4-12,19H,3H2,1-2H3/t19-/m0/s1. The summed E-state index contributed by atoms with van der Waals surface area (Å²) in [6.07, 6.45) is -0.179. The van der Waals surface area contributed by atoms with E-state index in [4.69, 9.17) is 13.9 Å². The van der Waals surface area contributed by atoms with Gasteiger partial charge in [-0.1, -0.05) is 37.3 Å². The molecule has 128 valence electrons. The molecule has 0 N–H and O–H groups in total. The fourth-order valence-electron chi connectivity index (χ4n) is 2.70. The van der Waals surface area contributed by atoms with Gasteiger partial charge in [-0.05, 0) is 24.1 Å². The van der Waals surface area contributed by atoms with Gasteiger partial charge in [0, 0.05) is 23.1 Å². The molecule has 0 unspecified atom stereocenters. The lowest BCUT2D eigenvalue weighted by Gasteiger charge is -2.17. The molecule has 5 nitrogen and oxygen atoms in total. The minimum Gasteiger partial charge on any atom is -0.474 e. The van der Waals surface area contributed by atoms with Crippen LogP contribution < -0.4 is 10.4 Å². The Kier molecular flexibility index (Phi) is 4.84. The molecule has 2 aromatic carbocycles. The van der Waals surface area contributed by atoms with Gasteiger partial charge in [0.2, 0.25) is 6.10 Å². The lowest BCUT2D eigenvalue weighted by molar-refractivity contribution is -0.149. The summed E-state index contributed by atoms with van der Waals surface area (Å²) in [6.45, 7) is 1.97. The highest BCUT2D eigenvalue weighted by Gasteiger charge is 2.23. The number of rotatable bonds is 5. The Morgan fingerprint density at radius 2 is 1.88 bits per heavy atom. The summed E-state index contributed by atoms with van der Waals surface area (Å²) in [5.74, 6) is -0.0850. The smallest absolute Gasteiger partial charge is 0.351 e. The molecular weight excluding hydrogens is 320 g/mol. The van der Waals surface area contributed by atoms with E-state index in [9.17, 15) is 9.59 Å². The molecule has 0 fully saturated rings. The zero-order valence-electron chi connectivity index (χ0n) is 14.0. The maximum atomic E-state index is 12.1. The predicted molar refractivity (Wildman–Crippen MR) is 93.7 cm³/mol. The zero-order valence-corrected chi connectivity index (χ0v) is 14.0. The molecule has 0 aliphatic heterocycles. The van der Waals surface area contributed by atoms with E-state index in [1.165, 1.54) is 13.2 Å². The van der Waals surface area contributed by atoms with Crippen LogP contribution in [0.1, 0.15) is 24.2 Å². The van der Waals surface area contributed by atoms with Crippen molar-refractivity contribution in [2.75, 3.05) is 7.11 Å². The Bertz CT molecular complexity index is 943. The first-order valence-electron chi connectivity index (χ1n) is 7.98. The number of fused-ring (bicyclic) bond motifs is 1. The number of hydrogen-bond acceptors (Lipinski definition) is 5. The lowest BCUT2D eigenvalue weighted by atomic mass is 10.1. The Morgan fingerprint density at radius 1 is 1.12 bits per heavy atom. The Labute approximate surface area is 144 Å². The van der Waals surface area contributed by atoms with Crippen molar-refractivity contribution in [1.29, 1.82) is 0 Å². The Hall–Kier alpha value is -3.08. The molecule has 0 saturated carbocycles. The van der Waals surface area contributed by atoms with Gasteiger partial charge in [0.15, 0.2) is 0 Å². The number of hydrogen-bond donors (Lipinski definition) is 0. The number of methoxy groups -OCH3 is 1. The molecule has 0 bridgehead atoms. The van der Waals surface area contributed by atoms with Crippen LogP contribution in [0.4, 0.5) is 0 Å². The monoisotopic (exact) mass is 338 g/mol. The van der Waals surface area contributed by atoms with Crippen molar-refractivity contribution in [1.82, 2.24) is 0 Å². The van der Waals surface area contributed by atoms with Gasteiger partial charge in [0.05, 0.1) is 7.11 Å². The predicted octanol–water partition coefficient (Wildman–Crippen LogP) is 3.65. The first kappa shape index (κ1) is 16.8. The third-order valence-electron chi connectivity index (χ3n) is 3.95. The van der Waals surface area contributed by atoms with E-state index >= 15 is 0 Å². The fraction of sp³-hybridized carbons (Fsp3) is 0.200. The first-order chi connectivity index (χ1) is 12.1. The molecular formula is C20H18O5. The molecule has 0 aliphatic rings. The van der Waals surface area contributed by atoms with E-state index in [0.29, 0.717) is 16.9 Å². The second-order valence-corrected chi connectivity index (χ2v) is 5.53. The van der Waals surface area contributed by atoms with Crippen molar-refractivity contribution < 1.29 is 18.7 Å². The fourth-order valence-corrected chi connectivity index (χ4v) is 2.70. The van der Waals surface area contributed by atoms with Gasteiger partial charge in [0.1, 0.15) is 11.3 Å². The third-order valence-corrected chi connectivity index (χ3v) is 3.95. The normalized spacial score (nSPS) is 11.9. The van der Waals surface area contributed by atoms with E-state index in [1.54, 1.807) is 24.3 Å². The number of esters is 1. The Morgan fingerprint density at radius 3 is 2.56 bits per heavy atom. The summed E-state index contributed by atoms with van der Waals surface area (Å²) in [7, 11) is 1.31. The van der Waals surface area contributed by atoms with Crippen LogP contribution in [0.5, 0.6) is 5.75 Å². The van der Waals surface area contributed by atoms with Gasteiger partial charge < -0.3 is 13.9 Å². The van der Waals surface area contributed by atoms with Crippen LogP contribution in [0, 0.1) is 0 Å². The molecule has 0 amide bonds. The second-order valence-electron chi connectivity index (χ2n) is 5.53. The van der Waals surface area contributed by atoms with Gasteiger partial charge in [-0.3, -0.25) is 0 Å². The molecule has 1 atom stereocenters. The highest BCUT2D eigenvalue weighted by atomic mass is 16.6. The lowest BCUT2D eigenvalue weighted by Crippen LogP contribution is -2.20. The van der Waals surface area contributed by atoms with E-state index in [0.717, 1.165) is 17.4 Å². The van der Waals surface area contributed by atoms with Crippen LogP contribution in [-0.2, 0) is 16.0 Å². The van der Waals surface area contributed by atoms with Crippen molar-refractivity contribution in [3.05, 3.63) is 76.1 Å². The molecule has 0 spiro atoms. The van der Waals surface area contributed by atoms with E-state index < -0.39 is 17.7 Å². The summed E-state index contributed by atoms with van der Waals surface area (Å²) in [5.41, 5.74) is 1.61. The molecule has 3 rings (SSSR count). The zero-order chi connectivity index (χ0) is 17.8. The minimum absolute atomic E-state index is 0.408. The summed E-state index contributed by atoms with van der Waals surface area (Å²) >= 11 is 0. The summed E-state index contributed by atoms with van der Waals surface area (Å²) in [6, 6.07) is 15.8. The third kappa shape index (κ3) is 3.55. The second kappa shape index (κ2) is 7.21. The van der Waals surface area contributed by atoms with Crippen LogP contribution in [0.15, 0.2) is 63.8 Å². The number of benzene rings is 2. The van der Waals surface area contributed by atoms with Crippen LogP contribution in [0.25, 0.3) is 11.0 Å². The molecule has 1 aromatic heterocycles. The first-order valence-corrected chi connectivity index (χ1v) is 7.98. The highest BCUT2D eigenvalue weighted by molar-refractivity contribution is 5.82. The molecule has 0 aliphatic carbocycles. The quantitative estimate of drug-likeness (QED) is 0.525. The number of aryl methyl sites for hydroxylation is 1. The van der Waals surface area contributed by atoms with Crippen LogP contribution in [-0.4, -0.2) is 13.1 Å². The maximum Gasteiger partial charge on any atom is 0.351 e. The van der Waals surface area contributed by atoms with Crippen molar-refractivity contribution in [3.8, 4) is 5.75 Å². The maximum absolute atomic E-state index is 12.1. The molecule has 5 heteroatoms. The summed E-state index contributed by atoms with van der Waals surface area (Å²) < 4.78 is 15.9. The SMILES string of the molecule is CCc1cc(=O)oc2cc(O[C@H](C(=O)OC)c3ccccc3)ccc12. The van der Waals surface area contributed by atoms with Crippen molar-refractivity contribution in [3.63, 3.8) is 0 Å². The molecule has 0 saturated heterocycles. The van der Waals surface area contributed by atoms with Gasteiger partial charge in [0.25, 0.3) is 0 Å². The van der Waals surface area contributed by atoms with Gasteiger partial charge in [-0.15, -0.1) is 0 Å². The number of carbonyl (C=O) groups is 1. The van der Waals surface area contributed by atoms with E-state index in [2.05, 4.69) is 0 Å². The largest absolute Gasteiger partial charge is 0.474 e. The van der Waals surface area contributed by atoms with Crippen LogP contribution in [0.3, 0.4) is 0 Å². The molecule has 0 radical (unpaired) electrons. The van der Waals surface area contributed by atoms with Gasteiger partial charge in [-0.25, -0.2) is 9.59 Å². The molecule has 25 heavy (non-hydrogen) atoms. The van der Waals surface area contributed by atoms with Crippen molar-refractivity contribution >= 4 is 16.9 Å². The van der Waals surface area contributed by atoms with Gasteiger partial charge >= 0.3 is 11.6 Å². The average molecular weight is 338 g/mol. The van der Waals surface area contributed by atoms with E-state index in [-0.39, 0.29) is 0 Å². The number of ether oxygens (including phenoxy) is 2.